The zero-order valence-electron chi connectivity index (χ0n) is 13.8. The number of hydrogen-bond donors (Lipinski definition) is 1. The Morgan fingerprint density at radius 1 is 1.16 bits per heavy atom. The van der Waals surface area contributed by atoms with E-state index in [9.17, 15) is 9.59 Å². The zero-order chi connectivity index (χ0) is 18.0. The molecule has 0 radical (unpaired) electrons. The highest BCUT2D eigenvalue weighted by molar-refractivity contribution is 14.1. The molecule has 1 saturated carbocycles. The number of nitrogens with one attached hydrogen (secondary N) is 1. The summed E-state index contributed by atoms with van der Waals surface area (Å²) in [6, 6.07) is 13.0. The van der Waals surface area contributed by atoms with E-state index in [0.717, 1.165) is 22.0 Å². The van der Waals surface area contributed by atoms with Gasteiger partial charge >= 0.3 is 0 Å². The van der Waals surface area contributed by atoms with Crippen LogP contribution in [0.15, 0.2) is 42.5 Å². The van der Waals surface area contributed by atoms with Crippen molar-refractivity contribution >= 4 is 46.0 Å². The van der Waals surface area contributed by atoms with E-state index in [-0.39, 0.29) is 11.8 Å². The maximum absolute atomic E-state index is 12.9. The number of carbonyl (C=O) groups excluding carboxylic acids is 2. The Labute approximate surface area is 165 Å². The van der Waals surface area contributed by atoms with Crippen LogP contribution in [0.5, 0.6) is 0 Å². The number of nitrogens with zero attached hydrogens (tertiary/aromatic N) is 1. The highest BCUT2D eigenvalue weighted by Crippen LogP contribution is 2.30. The Balaban J connectivity index is 1.78. The lowest BCUT2D eigenvalue weighted by Gasteiger charge is -2.23. The van der Waals surface area contributed by atoms with Gasteiger partial charge in [-0.2, -0.15) is 0 Å². The molecule has 2 amide bonds. The van der Waals surface area contributed by atoms with E-state index >= 15 is 0 Å². The molecule has 2 aromatic rings. The monoisotopic (exact) mass is 468 g/mol. The van der Waals surface area contributed by atoms with Crippen LogP contribution in [0.1, 0.15) is 39.1 Å². The molecule has 2 aromatic carbocycles. The molecule has 1 N–H and O–H groups in total. The van der Waals surface area contributed by atoms with E-state index < -0.39 is 0 Å². The number of carbonyl (C=O) groups is 2. The first-order valence-corrected chi connectivity index (χ1v) is 9.52. The Kier molecular flexibility index (Phi) is 5.64. The highest BCUT2D eigenvalue weighted by Gasteiger charge is 2.33. The molecule has 0 atom stereocenters. The van der Waals surface area contributed by atoms with Gasteiger partial charge in [0.05, 0.1) is 5.02 Å². The van der Waals surface area contributed by atoms with Gasteiger partial charge in [0.15, 0.2) is 0 Å². The summed E-state index contributed by atoms with van der Waals surface area (Å²) in [6.45, 7) is 0.538. The molecule has 0 heterocycles. The fourth-order valence-corrected chi connectivity index (χ4v) is 3.28. The second kappa shape index (κ2) is 7.74. The fraction of sp³-hybridized carbons (Fsp3) is 0.263. The number of benzene rings is 2. The van der Waals surface area contributed by atoms with Gasteiger partial charge in [0.25, 0.3) is 11.8 Å². The molecule has 1 aliphatic rings. The smallest absolute Gasteiger partial charge is 0.254 e. The lowest BCUT2D eigenvalue weighted by Crippen LogP contribution is -2.32. The van der Waals surface area contributed by atoms with E-state index in [0.29, 0.717) is 28.7 Å². The molecule has 0 saturated heterocycles. The van der Waals surface area contributed by atoms with Crippen LogP contribution in [0, 0.1) is 3.57 Å². The van der Waals surface area contributed by atoms with Crippen molar-refractivity contribution in [2.75, 3.05) is 7.05 Å². The van der Waals surface area contributed by atoms with Crippen LogP contribution in [0.4, 0.5) is 0 Å². The predicted molar refractivity (Wildman–Crippen MR) is 107 cm³/mol. The SMILES string of the molecule is CNC(=O)c1ccc(CN(C(=O)c2ccc(Cl)c(I)c2)C2CC2)cc1. The average molecular weight is 469 g/mol. The van der Waals surface area contributed by atoms with E-state index in [1.807, 2.05) is 23.1 Å². The number of hydrogen-bond acceptors (Lipinski definition) is 2. The third kappa shape index (κ3) is 4.33. The van der Waals surface area contributed by atoms with Gasteiger partial charge in [0.2, 0.25) is 0 Å². The molecule has 1 aliphatic carbocycles. The summed E-state index contributed by atoms with van der Waals surface area (Å²) in [6.07, 6.45) is 2.07. The molecule has 130 valence electrons. The molecule has 3 rings (SSSR count). The summed E-state index contributed by atoms with van der Waals surface area (Å²) in [5.41, 5.74) is 2.28. The van der Waals surface area contributed by atoms with Gasteiger partial charge in [-0.3, -0.25) is 9.59 Å². The number of rotatable bonds is 5. The third-order valence-corrected chi connectivity index (χ3v) is 5.75. The summed E-state index contributed by atoms with van der Waals surface area (Å²) < 4.78 is 0.871. The maximum Gasteiger partial charge on any atom is 0.254 e. The lowest BCUT2D eigenvalue weighted by molar-refractivity contribution is 0.0729. The van der Waals surface area contributed by atoms with Crippen molar-refractivity contribution in [1.29, 1.82) is 0 Å². The van der Waals surface area contributed by atoms with Crippen LogP contribution >= 0.6 is 34.2 Å². The molecule has 1 fully saturated rings. The molecule has 0 aromatic heterocycles. The van der Waals surface area contributed by atoms with Crippen LogP contribution in [0.25, 0.3) is 0 Å². The van der Waals surface area contributed by atoms with Crippen molar-refractivity contribution in [2.24, 2.45) is 0 Å². The van der Waals surface area contributed by atoms with Crippen LogP contribution in [-0.2, 0) is 6.54 Å². The van der Waals surface area contributed by atoms with Crippen molar-refractivity contribution in [3.8, 4) is 0 Å². The van der Waals surface area contributed by atoms with Gasteiger partial charge in [-0.25, -0.2) is 0 Å². The summed E-state index contributed by atoms with van der Waals surface area (Å²) in [5.74, 6) is -0.0927. The van der Waals surface area contributed by atoms with Gasteiger partial charge in [-0.1, -0.05) is 23.7 Å². The molecule has 0 bridgehead atoms. The minimum Gasteiger partial charge on any atom is -0.355 e. The first kappa shape index (κ1) is 18.2. The summed E-state index contributed by atoms with van der Waals surface area (Å²) >= 11 is 8.19. The maximum atomic E-state index is 12.9. The van der Waals surface area contributed by atoms with E-state index in [2.05, 4.69) is 27.9 Å². The molecule has 0 unspecified atom stereocenters. The second-order valence-corrected chi connectivity index (χ2v) is 7.64. The quantitative estimate of drug-likeness (QED) is 0.672. The molecule has 6 heteroatoms. The Morgan fingerprint density at radius 2 is 1.80 bits per heavy atom. The predicted octanol–water partition coefficient (Wildman–Crippen LogP) is 4.11. The lowest BCUT2D eigenvalue weighted by atomic mass is 10.1. The Bertz CT molecular complexity index is 804. The first-order chi connectivity index (χ1) is 12.0. The molecular formula is C19H18ClIN2O2. The summed E-state index contributed by atoms with van der Waals surface area (Å²) in [7, 11) is 1.61. The van der Waals surface area contributed by atoms with E-state index in [4.69, 9.17) is 11.6 Å². The Hall–Kier alpha value is -1.60. The van der Waals surface area contributed by atoms with Crippen LogP contribution in [-0.4, -0.2) is 29.8 Å². The standard InChI is InChI=1S/C19H18ClIN2O2/c1-22-18(24)13-4-2-12(3-5-13)11-23(15-7-8-15)19(25)14-6-9-16(20)17(21)10-14/h2-6,9-10,15H,7-8,11H2,1H3,(H,22,24). The average Bonchev–Trinajstić information content (AvgIpc) is 3.46. The van der Waals surface area contributed by atoms with Crippen molar-refractivity contribution < 1.29 is 9.59 Å². The normalized spacial score (nSPS) is 13.4. The molecular weight excluding hydrogens is 451 g/mol. The van der Waals surface area contributed by atoms with Crippen molar-refractivity contribution in [3.63, 3.8) is 0 Å². The molecule has 25 heavy (non-hydrogen) atoms. The fourth-order valence-electron chi connectivity index (χ4n) is 2.65. The van der Waals surface area contributed by atoms with Crippen molar-refractivity contribution in [3.05, 3.63) is 67.7 Å². The molecule has 4 nitrogen and oxygen atoms in total. The first-order valence-electron chi connectivity index (χ1n) is 8.06. The van der Waals surface area contributed by atoms with Gasteiger partial charge in [-0.05, 0) is 71.3 Å². The Morgan fingerprint density at radius 3 is 2.36 bits per heavy atom. The van der Waals surface area contributed by atoms with Gasteiger partial charge in [-0.15, -0.1) is 0 Å². The van der Waals surface area contributed by atoms with E-state index in [1.54, 1.807) is 31.3 Å². The minimum absolute atomic E-state index is 0.0208. The van der Waals surface area contributed by atoms with Gasteiger partial charge in [0.1, 0.15) is 0 Å². The molecule has 0 aliphatic heterocycles. The largest absolute Gasteiger partial charge is 0.355 e. The van der Waals surface area contributed by atoms with Crippen LogP contribution in [0.2, 0.25) is 5.02 Å². The van der Waals surface area contributed by atoms with Crippen molar-refractivity contribution in [1.82, 2.24) is 10.2 Å². The third-order valence-electron chi connectivity index (χ3n) is 4.21. The molecule has 0 spiro atoms. The second-order valence-electron chi connectivity index (χ2n) is 6.07. The zero-order valence-corrected chi connectivity index (χ0v) is 16.7. The topological polar surface area (TPSA) is 49.4 Å². The summed E-state index contributed by atoms with van der Waals surface area (Å²) in [5, 5.41) is 3.26. The number of halogens is 2. The minimum atomic E-state index is -0.114. The van der Waals surface area contributed by atoms with Gasteiger partial charge in [0, 0.05) is 34.3 Å². The van der Waals surface area contributed by atoms with Crippen LogP contribution < -0.4 is 5.32 Å². The van der Waals surface area contributed by atoms with E-state index in [1.165, 1.54) is 0 Å². The van der Waals surface area contributed by atoms with Crippen molar-refractivity contribution in [2.45, 2.75) is 25.4 Å². The summed E-state index contributed by atoms with van der Waals surface area (Å²) in [4.78, 5) is 26.5. The van der Waals surface area contributed by atoms with Gasteiger partial charge < -0.3 is 10.2 Å². The van der Waals surface area contributed by atoms with Crippen LogP contribution in [0.3, 0.4) is 0 Å². The highest BCUT2D eigenvalue weighted by atomic mass is 127. The number of amides is 2.